The van der Waals surface area contributed by atoms with E-state index in [4.69, 9.17) is 8.94 Å². The predicted octanol–water partition coefficient (Wildman–Crippen LogP) is 1.52. The fourth-order valence-electron chi connectivity index (χ4n) is 2.11. The van der Waals surface area contributed by atoms with Crippen LogP contribution in [0.1, 0.15) is 11.3 Å². The second-order valence-electron chi connectivity index (χ2n) is 4.77. The van der Waals surface area contributed by atoms with E-state index in [1.807, 2.05) is 31.2 Å². The zero-order valence-corrected chi connectivity index (χ0v) is 11.6. The minimum Gasteiger partial charge on any atom is -0.502 e. The SMILES string of the molecule is Cc1ccccc1-c1noc(=O)n1Cc1cc(=O)c(O)co1. The fourth-order valence-corrected chi connectivity index (χ4v) is 2.11. The van der Waals surface area contributed by atoms with Crippen LogP contribution in [0.2, 0.25) is 0 Å². The van der Waals surface area contributed by atoms with Crippen molar-refractivity contribution in [2.75, 3.05) is 0 Å². The molecule has 3 aromatic rings. The Labute approximate surface area is 124 Å². The van der Waals surface area contributed by atoms with Gasteiger partial charge < -0.3 is 9.52 Å². The zero-order chi connectivity index (χ0) is 15.7. The fraction of sp³-hybridized carbons (Fsp3) is 0.133. The van der Waals surface area contributed by atoms with E-state index in [2.05, 4.69) is 5.16 Å². The lowest BCUT2D eigenvalue weighted by Crippen LogP contribution is -2.17. The van der Waals surface area contributed by atoms with E-state index in [0.717, 1.165) is 23.5 Å². The highest BCUT2D eigenvalue weighted by atomic mass is 16.5. The average molecular weight is 300 g/mol. The maximum atomic E-state index is 11.8. The highest BCUT2D eigenvalue weighted by Crippen LogP contribution is 2.20. The van der Waals surface area contributed by atoms with Gasteiger partial charge in [0.05, 0.1) is 6.54 Å². The topological polar surface area (TPSA) is 98.5 Å². The quantitative estimate of drug-likeness (QED) is 0.787. The molecule has 0 aliphatic carbocycles. The van der Waals surface area contributed by atoms with Crippen LogP contribution in [0.15, 0.2) is 55.1 Å². The third-order valence-electron chi connectivity index (χ3n) is 3.25. The largest absolute Gasteiger partial charge is 0.502 e. The minimum absolute atomic E-state index is 0.0263. The lowest BCUT2D eigenvalue weighted by atomic mass is 10.1. The summed E-state index contributed by atoms with van der Waals surface area (Å²) in [5, 5.41) is 13.0. The molecule has 7 nitrogen and oxygen atoms in total. The number of nitrogens with zero attached hydrogens (tertiary/aromatic N) is 2. The summed E-state index contributed by atoms with van der Waals surface area (Å²) < 4.78 is 11.1. The maximum absolute atomic E-state index is 11.8. The van der Waals surface area contributed by atoms with Gasteiger partial charge in [0.2, 0.25) is 5.43 Å². The predicted molar refractivity (Wildman–Crippen MR) is 76.7 cm³/mol. The van der Waals surface area contributed by atoms with Crippen molar-refractivity contribution in [1.29, 1.82) is 0 Å². The molecule has 0 amide bonds. The molecular formula is C15H12N2O5. The molecule has 0 fully saturated rings. The highest BCUT2D eigenvalue weighted by Gasteiger charge is 2.16. The second-order valence-corrected chi connectivity index (χ2v) is 4.77. The van der Waals surface area contributed by atoms with Crippen LogP contribution in [0.4, 0.5) is 0 Å². The molecule has 0 saturated heterocycles. The summed E-state index contributed by atoms with van der Waals surface area (Å²) in [4.78, 5) is 23.3. The average Bonchev–Trinajstić information content (AvgIpc) is 2.85. The molecule has 2 heterocycles. The molecule has 3 rings (SSSR count). The molecule has 0 unspecified atom stereocenters. The summed E-state index contributed by atoms with van der Waals surface area (Å²) in [5.74, 6) is -0.587. The number of benzene rings is 1. The standard InChI is InChI=1S/C15H12N2O5/c1-9-4-2-3-5-11(9)14-16-22-15(20)17(14)7-10-6-12(18)13(19)8-21-10/h2-6,8,19H,7H2,1H3. The van der Waals surface area contributed by atoms with Gasteiger partial charge in [-0.2, -0.15) is 0 Å². The third kappa shape index (κ3) is 2.44. The van der Waals surface area contributed by atoms with Gasteiger partial charge in [-0.15, -0.1) is 0 Å². The Bertz CT molecular complexity index is 935. The molecule has 1 aromatic carbocycles. The van der Waals surface area contributed by atoms with Crippen LogP contribution in [0.5, 0.6) is 5.75 Å². The molecule has 0 saturated carbocycles. The van der Waals surface area contributed by atoms with Crippen LogP contribution in [0, 0.1) is 6.92 Å². The number of aromatic hydroxyl groups is 1. The van der Waals surface area contributed by atoms with Crippen molar-refractivity contribution < 1.29 is 14.0 Å². The first-order chi connectivity index (χ1) is 10.6. The number of hydrogen-bond donors (Lipinski definition) is 1. The molecular weight excluding hydrogens is 288 g/mol. The first-order valence-corrected chi connectivity index (χ1v) is 6.49. The molecule has 7 heteroatoms. The van der Waals surface area contributed by atoms with Crippen molar-refractivity contribution in [2.45, 2.75) is 13.5 Å². The van der Waals surface area contributed by atoms with Crippen LogP contribution in [0.3, 0.4) is 0 Å². The molecule has 0 atom stereocenters. The van der Waals surface area contributed by atoms with Crippen molar-refractivity contribution in [2.24, 2.45) is 0 Å². The molecule has 0 aliphatic rings. The number of hydrogen-bond acceptors (Lipinski definition) is 6. The minimum atomic E-state index is -0.658. The van der Waals surface area contributed by atoms with Crippen LogP contribution in [-0.4, -0.2) is 14.8 Å². The Hall–Kier alpha value is -3.09. The molecule has 0 radical (unpaired) electrons. The highest BCUT2D eigenvalue weighted by molar-refractivity contribution is 5.59. The summed E-state index contributed by atoms with van der Waals surface area (Å²) in [6.45, 7) is 1.86. The summed E-state index contributed by atoms with van der Waals surface area (Å²) in [6.07, 6.45) is 0.934. The number of aryl methyl sites for hydroxylation is 1. The zero-order valence-electron chi connectivity index (χ0n) is 11.6. The van der Waals surface area contributed by atoms with E-state index >= 15 is 0 Å². The monoisotopic (exact) mass is 300 g/mol. The van der Waals surface area contributed by atoms with Crippen molar-refractivity contribution >= 4 is 0 Å². The van der Waals surface area contributed by atoms with E-state index in [1.54, 1.807) is 0 Å². The van der Waals surface area contributed by atoms with Gasteiger partial charge in [0.1, 0.15) is 12.0 Å². The van der Waals surface area contributed by atoms with Crippen molar-refractivity contribution in [3.63, 3.8) is 0 Å². The van der Waals surface area contributed by atoms with Gasteiger partial charge in [-0.3, -0.25) is 9.32 Å². The second kappa shape index (κ2) is 5.36. The van der Waals surface area contributed by atoms with Crippen LogP contribution in [0.25, 0.3) is 11.4 Å². The Morgan fingerprint density at radius 1 is 1.27 bits per heavy atom. The van der Waals surface area contributed by atoms with E-state index in [9.17, 15) is 14.7 Å². The van der Waals surface area contributed by atoms with Gasteiger partial charge >= 0.3 is 5.76 Å². The summed E-state index contributed by atoms with van der Waals surface area (Å²) >= 11 is 0. The molecule has 1 N–H and O–H groups in total. The third-order valence-corrected chi connectivity index (χ3v) is 3.25. The van der Waals surface area contributed by atoms with Gasteiger partial charge in [0.25, 0.3) is 0 Å². The smallest absolute Gasteiger partial charge is 0.442 e. The Kier molecular flexibility index (Phi) is 3.38. The molecule has 0 spiro atoms. The summed E-state index contributed by atoms with van der Waals surface area (Å²) in [5.41, 5.74) is 1.09. The van der Waals surface area contributed by atoms with E-state index in [0.29, 0.717) is 5.82 Å². The molecule has 0 bridgehead atoms. The van der Waals surface area contributed by atoms with Crippen LogP contribution in [-0.2, 0) is 6.54 Å². The number of rotatable bonds is 3. The van der Waals surface area contributed by atoms with Gasteiger partial charge in [-0.25, -0.2) is 9.36 Å². The summed E-state index contributed by atoms with van der Waals surface area (Å²) in [7, 11) is 0. The van der Waals surface area contributed by atoms with E-state index in [-0.39, 0.29) is 12.3 Å². The molecule has 2 aromatic heterocycles. The van der Waals surface area contributed by atoms with Crippen molar-refractivity contribution in [3.8, 4) is 17.1 Å². The van der Waals surface area contributed by atoms with Crippen LogP contribution >= 0.6 is 0 Å². The first-order valence-electron chi connectivity index (χ1n) is 6.49. The number of aromatic nitrogens is 2. The van der Waals surface area contributed by atoms with Crippen LogP contribution < -0.4 is 11.2 Å². The van der Waals surface area contributed by atoms with Crippen molar-refractivity contribution in [1.82, 2.24) is 9.72 Å². The van der Waals surface area contributed by atoms with E-state index < -0.39 is 16.9 Å². The van der Waals surface area contributed by atoms with Gasteiger partial charge in [0.15, 0.2) is 11.6 Å². The molecule has 22 heavy (non-hydrogen) atoms. The molecule has 112 valence electrons. The first kappa shape index (κ1) is 13.9. The summed E-state index contributed by atoms with van der Waals surface area (Å²) in [6, 6.07) is 8.53. The Morgan fingerprint density at radius 3 is 2.77 bits per heavy atom. The lowest BCUT2D eigenvalue weighted by molar-refractivity contribution is 0.371. The Balaban J connectivity index is 2.07. The van der Waals surface area contributed by atoms with Gasteiger partial charge in [-0.1, -0.05) is 29.4 Å². The maximum Gasteiger partial charge on any atom is 0.442 e. The van der Waals surface area contributed by atoms with Crippen molar-refractivity contribution in [3.05, 3.63) is 68.7 Å². The molecule has 0 aliphatic heterocycles. The van der Waals surface area contributed by atoms with Gasteiger partial charge in [-0.05, 0) is 12.5 Å². The lowest BCUT2D eigenvalue weighted by Gasteiger charge is -2.06. The van der Waals surface area contributed by atoms with E-state index in [1.165, 1.54) is 4.57 Å². The Morgan fingerprint density at radius 2 is 2.05 bits per heavy atom. The normalized spacial score (nSPS) is 10.8. The van der Waals surface area contributed by atoms with Gasteiger partial charge in [0, 0.05) is 11.6 Å².